The molecule has 0 aromatic heterocycles. The minimum atomic E-state index is -4.33. The molecule has 1 atom stereocenters. The third-order valence-electron chi connectivity index (χ3n) is 8.72. The summed E-state index contributed by atoms with van der Waals surface area (Å²) in [4.78, 5) is 29.3. The summed E-state index contributed by atoms with van der Waals surface area (Å²) < 4.78 is 49.9. The number of nitrogens with zero attached hydrogens (tertiary/aromatic N) is 2. The highest BCUT2D eigenvalue weighted by atomic mass is 19.4. The van der Waals surface area contributed by atoms with Crippen molar-refractivity contribution in [3.8, 4) is 0 Å². The molecule has 7 nitrogen and oxygen atoms in total. The Kier molecular flexibility index (Phi) is 8.19. The van der Waals surface area contributed by atoms with Crippen molar-refractivity contribution in [2.24, 2.45) is 11.8 Å². The summed E-state index contributed by atoms with van der Waals surface area (Å²) in [5, 5.41) is 3.06. The summed E-state index contributed by atoms with van der Waals surface area (Å²) >= 11 is 0. The van der Waals surface area contributed by atoms with Gasteiger partial charge in [-0.25, -0.2) is 4.79 Å². The van der Waals surface area contributed by atoms with Gasteiger partial charge in [0.1, 0.15) is 5.60 Å². The molecule has 2 amide bonds. The van der Waals surface area contributed by atoms with Crippen molar-refractivity contribution in [2.45, 2.75) is 75.8 Å². The Morgan fingerprint density at radius 3 is 2.39 bits per heavy atom. The first-order chi connectivity index (χ1) is 18.2. The number of amides is 2. The van der Waals surface area contributed by atoms with Crippen molar-refractivity contribution >= 4 is 12.0 Å². The van der Waals surface area contributed by atoms with Crippen LogP contribution in [0.5, 0.6) is 0 Å². The second-order valence-corrected chi connectivity index (χ2v) is 11.5. The predicted octanol–water partition coefficient (Wildman–Crippen LogP) is 4.59. The summed E-state index contributed by atoms with van der Waals surface area (Å²) in [6, 6.07) is 5.32. The number of alkyl halides is 3. The van der Waals surface area contributed by atoms with Crippen LogP contribution in [0.2, 0.25) is 0 Å². The molecule has 0 bridgehead atoms. The summed E-state index contributed by atoms with van der Waals surface area (Å²) in [6.07, 6.45) is 2.62. The van der Waals surface area contributed by atoms with E-state index in [1.54, 1.807) is 0 Å². The van der Waals surface area contributed by atoms with E-state index in [1.165, 1.54) is 12.1 Å². The maximum absolute atomic E-state index is 12.8. The van der Waals surface area contributed by atoms with Gasteiger partial charge in [0, 0.05) is 58.1 Å². The van der Waals surface area contributed by atoms with Crippen molar-refractivity contribution in [3.05, 3.63) is 35.4 Å². The number of ether oxygens (including phenoxy) is 2. The minimum Gasteiger partial charge on any atom is -0.441 e. The topological polar surface area (TPSA) is 71.1 Å². The molecule has 3 aliphatic heterocycles. The number of benzene rings is 1. The third kappa shape index (κ3) is 6.62. The van der Waals surface area contributed by atoms with Gasteiger partial charge in [0.05, 0.1) is 18.2 Å². The number of likely N-dealkylation sites (tertiary alicyclic amines) is 1. The fraction of sp³-hybridized carbons (Fsp3) is 0.714. The van der Waals surface area contributed by atoms with Crippen LogP contribution in [-0.4, -0.2) is 72.8 Å². The van der Waals surface area contributed by atoms with Crippen LogP contribution >= 0.6 is 0 Å². The summed E-state index contributed by atoms with van der Waals surface area (Å²) in [5.41, 5.74) is -0.272. The second kappa shape index (κ2) is 11.4. The number of rotatable bonds is 7. The Bertz CT molecular complexity index is 965. The van der Waals surface area contributed by atoms with Gasteiger partial charge in [-0.2, -0.15) is 13.2 Å². The lowest BCUT2D eigenvalue weighted by Crippen LogP contribution is -2.47. The van der Waals surface area contributed by atoms with Crippen molar-refractivity contribution in [3.63, 3.8) is 0 Å². The predicted molar refractivity (Wildman–Crippen MR) is 134 cm³/mol. The van der Waals surface area contributed by atoms with Gasteiger partial charge in [-0.1, -0.05) is 12.1 Å². The molecule has 1 N–H and O–H groups in total. The fourth-order valence-corrected chi connectivity index (χ4v) is 6.35. The van der Waals surface area contributed by atoms with Crippen LogP contribution in [0.25, 0.3) is 0 Å². The molecule has 1 spiro atoms. The lowest BCUT2D eigenvalue weighted by atomic mass is 9.81. The summed E-state index contributed by atoms with van der Waals surface area (Å²) in [5.74, 6) is 0.541. The average molecular weight is 538 g/mol. The molecule has 1 saturated carbocycles. The van der Waals surface area contributed by atoms with Crippen LogP contribution in [0.3, 0.4) is 0 Å². The molecule has 10 heteroatoms. The molecule has 4 fully saturated rings. The molecule has 1 aromatic carbocycles. The maximum atomic E-state index is 12.8. The van der Waals surface area contributed by atoms with Gasteiger partial charge in [-0.3, -0.25) is 9.69 Å². The van der Waals surface area contributed by atoms with Gasteiger partial charge in [-0.05, 0) is 62.1 Å². The lowest BCUT2D eigenvalue weighted by Gasteiger charge is -2.37. The highest BCUT2D eigenvalue weighted by Gasteiger charge is 2.47. The molecule has 3 saturated heterocycles. The first kappa shape index (κ1) is 27.2. The number of carbonyl (C=O) groups excluding carboxylic acids is 2. The Labute approximate surface area is 222 Å². The highest BCUT2D eigenvalue weighted by molar-refractivity contribution is 5.78. The molecular weight excluding hydrogens is 499 g/mol. The average Bonchev–Trinajstić information content (AvgIpc) is 3.52. The van der Waals surface area contributed by atoms with Gasteiger partial charge >= 0.3 is 12.3 Å². The number of hydrogen-bond acceptors (Lipinski definition) is 5. The quantitative estimate of drug-likeness (QED) is 0.551. The van der Waals surface area contributed by atoms with E-state index in [-0.39, 0.29) is 24.0 Å². The number of carbonyl (C=O) groups is 2. The SMILES string of the molecule is O=C(NCC1CCCO1)C1CCC(CN2CC3(CCN(Cc4ccc(C(F)(F)F)cc4)CC3)OC2=O)CC1. The zero-order valence-electron chi connectivity index (χ0n) is 21.8. The van der Waals surface area contributed by atoms with Crippen molar-refractivity contribution in [1.29, 1.82) is 0 Å². The van der Waals surface area contributed by atoms with E-state index in [4.69, 9.17) is 9.47 Å². The number of piperidine rings is 1. The molecule has 3 heterocycles. The van der Waals surface area contributed by atoms with E-state index >= 15 is 0 Å². The summed E-state index contributed by atoms with van der Waals surface area (Å²) in [6.45, 7) is 4.68. The van der Waals surface area contributed by atoms with Gasteiger partial charge in [0.2, 0.25) is 5.91 Å². The zero-order valence-corrected chi connectivity index (χ0v) is 21.8. The Morgan fingerprint density at radius 2 is 1.76 bits per heavy atom. The van der Waals surface area contributed by atoms with E-state index in [0.717, 1.165) is 75.9 Å². The monoisotopic (exact) mass is 537 g/mol. The van der Waals surface area contributed by atoms with E-state index in [1.807, 2.05) is 4.90 Å². The van der Waals surface area contributed by atoms with E-state index in [9.17, 15) is 22.8 Å². The molecule has 5 rings (SSSR count). The smallest absolute Gasteiger partial charge is 0.416 e. The number of hydrogen-bond donors (Lipinski definition) is 1. The molecule has 210 valence electrons. The van der Waals surface area contributed by atoms with Crippen LogP contribution < -0.4 is 5.32 Å². The van der Waals surface area contributed by atoms with Crippen LogP contribution in [0, 0.1) is 11.8 Å². The largest absolute Gasteiger partial charge is 0.441 e. The van der Waals surface area contributed by atoms with Crippen LogP contribution in [0.1, 0.15) is 62.5 Å². The Balaban J connectivity index is 1.03. The van der Waals surface area contributed by atoms with Crippen LogP contribution in [-0.2, 0) is 27.0 Å². The second-order valence-electron chi connectivity index (χ2n) is 11.5. The normalized spacial score (nSPS) is 28.0. The number of nitrogens with one attached hydrogen (secondary N) is 1. The molecule has 0 radical (unpaired) electrons. The van der Waals surface area contributed by atoms with E-state index in [0.29, 0.717) is 44.9 Å². The van der Waals surface area contributed by atoms with Crippen molar-refractivity contribution < 1.29 is 32.2 Å². The first-order valence-electron chi connectivity index (χ1n) is 13.9. The van der Waals surface area contributed by atoms with Crippen LogP contribution in [0.15, 0.2) is 24.3 Å². The maximum Gasteiger partial charge on any atom is 0.416 e. The van der Waals surface area contributed by atoms with Crippen molar-refractivity contribution in [1.82, 2.24) is 15.1 Å². The van der Waals surface area contributed by atoms with E-state index in [2.05, 4.69) is 10.2 Å². The van der Waals surface area contributed by atoms with Gasteiger partial charge in [0.15, 0.2) is 0 Å². The van der Waals surface area contributed by atoms with Crippen molar-refractivity contribution in [2.75, 3.05) is 39.3 Å². The first-order valence-corrected chi connectivity index (χ1v) is 13.9. The molecular formula is C28H38F3N3O4. The van der Waals surface area contributed by atoms with Crippen LogP contribution in [0.4, 0.5) is 18.0 Å². The molecule has 1 unspecified atom stereocenters. The molecule has 1 aromatic rings. The molecule has 4 aliphatic rings. The fourth-order valence-electron chi connectivity index (χ4n) is 6.35. The Morgan fingerprint density at radius 1 is 1.05 bits per heavy atom. The standard InChI is InChI=1S/C28H38F3N3O4/c29-28(30,31)23-9-5-20(6-10-23)17-33-13-11-27(12-14-33)19-34(26(36)38-27)18-21-3-7-22(8-4-21)25(35)32-16-24-2-1-15-37-24/h5-6,9-10,21-22,24H,1-4,7-8,11-19H2,(H,32,35). The molecule has 1 aliphatic carbocycles. The third-order valence-corrected chi connectivity index (χ3v) is 8.72. The Hall–Kier alpha value is -2.33. The van der Waals surface area contributed by atoms with E-state index < -0.39 is 17.3 Å². The van der Waals surface area contributed by atoms with Gasteiger partial charge < -0.3 is 19.7 Å². The highest BCUT2D eigenvalue weighted by Crippen LogP contribution is 2.36. The zero-order chi connectivity index (χ0) is 26.8. The lowest BCUT2D eigenvalue weighted by molar-refractivity contribution is -0.137. The molecule has 38 heavy (non-hydrogen) atoms. The van der Waals surface area contributed by atoms with Gasteiger partial charge in [-0.15, -0.1) is 0 Å². The van der Waals surface area contributed by atoms with Gasteiger partial charge in [0.25, 0.3) is 0 Å². The number of halogens is 3. The minimum absolute atomic E-state index is 0.0403. The summed E-state index contributed by atoms with van der Waals surface area (Å²) in [7, 11) is 0.